The molecule has 0 amide bonds. The highest BCUT2D eigenvalue weighted by atomic mass is 35.5. The zero-order chi connectivity index (χ0) is 13.8. The molecular formula is C13H13ClFN3O. The van der Waals surface area contributed by atoms with E-state index in [9.17, 15) is 4.39 Å². The highest BCUT2D eigenvalue weighted by molar-refractivity contribution is 6.32. The van der Waals surface area contributed by atoms with E-state index in [1.165, 1.54) is 6.33 Å². The number of benzene rings is 1. The van der Waals surface area contributed by atoms with E-state index < -0.39 is 5.82 Å². The summed E-state index contributed by atoms with van der Waals surface area (Å²) in [6, 6.07) is 5.08. The summed E-state index contributed by atoms with van der Waals surface area (Å²) in [6.45, 7) is 2.18. The van der Waals surface area contributed by atoms with Gasteiger partial charge in [0.05, 0.1) is 10.7 Å². The number of aryl methyl sites for hydroxylation is 1. The third-order valence-electron chi connectivity index (χ3n) is 2.60. The zero-order valence-electron chi connectivity index (χ0n) is 10.4. The Morgan fingerprint density at radius 1 is 1.37 bits per heavy atom. The minimum absolute atomic E-state index is 0.130. The van der Waals surface area contributed by atoms with Gasteiger partial charge in [0.2, 0.25) is 5.82 Å². The van der Waals surface area contributed by atoms with Crippen LogP contribution < -0.4 is 10.5 Å². The van der Waals surface area contributed by atoms with Crippen LogP contribution in [0.2, 0.25) is 5.02 Å². The largest absolute Gasteiger partial charge is 0.435 e. The summed E-state index contributed by atoms with van der Waals surface area (Å²) in [5.41, 5.74) is 6.68. The molecule has 0 aliphatic rings. The smallest absolute Gasteiger partial charge is 0.259 e. The van der Waals surface area contributed by atoms with Gasteiger partial charge in [0.15, 0.2) is 0 Å². The van der Waals surface area contributed by atoms with Crippen molar-refractivity contribution in [2.45, 2.75) is 19.9 Å². The molecule has 0 fully saturated rings. The van der Waals surface area contributed by atoms with E-state index in [2.05, 4.69) is 9.97 Å². The van der Waals surface area contributed by atoms with Gasteiger partial charge in [-0.15, -0.1) is 0 Å². The Morgan fingerprint density at radius 2 is 2.16 bits per heavy atom. The lowest BCUT2D eigenvalue weighted by Crippen LogP contribution is -2.00. The summed E-state index contributed by atoms with van der Waals surface area (Å²) < 4.78 is 19.3. The van der Waals surface area contributed by atoms with E-state index >= 15 is 0 Å². The Balaban J connectivity index is 2.31. The Bertz CT molecular complexity index is 592. The molecule has 2 N–H and O–H groups in total. The highest BCUT2D eigenvalue weighted by Gasteiger charge is 2.13. The zero-order valence-corrected chi connectivity index (χ0v) is 11.1. The molecule has 4 nitrogen and oxygen atoms in total. The number of hydrogen-bond donors (Lipinski definition) is 1. The monoisotopic (exact) mass is 281 g/mol. The van der Waals surface area contributed by atoms with Crippen molar-refractivity contribution in [2.24, 2.45) is 5.73 Å². The average Bonchev–Trinajstić information content (AvgIpc) is 2.43. The lowest BCUT2D eigenvalue weighted by Gasteiger charge is -2.09. The quantitative estimate of drug-likeness (QED) is 0.935. The first-order valence-corrected chi connectivity index (χ1v) is 6.19. The van der Waals surface area contributed by atoms with Crippen molar-refractivity contribution in [3.8, 4) is 11.6 Å². The summed E-state index contributed by atoms with van der Waals surface area (Å²) in [6.07, 6.45) is 1.73. The van der Waals surface area contributed by atoms with Crippen LogP contribution in [0.1, 0.15) is 18.2 Å². The fourth-order valence-corrected chi connectivity index (χ4v) is 1.81. The maximum absolute atomic E-state index is 13.9. The van der Waals surface area contributed by atoms with Crippen molar-refractivity contribution in [1.82, 2.24) is 9.97 Å². The van der Waals surface area contributed by atoms with Crippen LogP contribution in [-0.4, -0.2) is 9.97 Å². The molecule has 1 aromatic heterocycles. The van der Waals surface area contributed by atoms with E-state index in [0.29, 0.717) is 29.4 Å². The molecule has 0 aliphatic carbocycles. The molecule has 0 radical (unpaired) electrons. The van der Waals surface area contributed by atoms with Gasteiger partial charge >= 0.3 is 0 Å². The molecule has 1 heterocycles. The van der Waals surface area contributed by atoms with Crippen LogP contribution in [0.4, 0.5) is 4.39 Å². The molecule has 2 aromatic rings. The van der Waals surface area contributed by atoms with Crippen LogP contribution >= 0.6 is 11.6 Å². The molecule has 0 bridgehead atoms. The third-order valence-corrected chi connectivity index (χ3v) is 2.90. The molecule has 2 rings (SSSR count). The maximum Gasteiger partial charge on any atom is 0.259 e. The molecule has 0 saturated heterocycles. The first kappa shape index (κ1) is 13.7. The molecule has 100 valence electrons. The molecule has 1 aromatic carbocycles. The SMILES string of the molecule is CCc1ncnc(Oc2ccc(CN)cc2Cl)c1F. The molecule has 0 saturated carbocycles. The summed E-state index contributed by atoms with van der Waals surface area (Å²) in [7, 11) is 0. The van der Waals surface area contributed by atoms with Crippen LogP contribution in [-0.2, 0) is 13.0 Å². The standard InChI is InChI=1S/C13H13ClFN3O/c1-2-10-12(15)13(18-7-17-10)19-11-4-3-8(6-16)5-9(11)14/h3-5,7H,2,6,16H2,1H3. The van der Waals surface area contributed by atoms with Crippen molar-refractivity contribution < 1.29 is 9.13 Å². The van der Waals surface area contributed by atoms with E-state index in [1.807, 2.05) is 0 Å². The van der Waals surface area contributed by atoms with E-state index in [1.54, 1.807) is 25.1 Å². The number of ether oxygens (including phenoxy) is 1. The van der Waals surface area contributed by atoms with Gasteiger partial charge in [-0.2, -0.15) is 9.37 Å². The van der Waals surface area contributed by atoms with Crippen molar-refractivity contribution in [3.63, 3.8) is 0 Å². The molecule has 0 atom stereocenters. The summed E-state index contributed by atoms with van der Waals surface area (Å²) >= 11 is 6.04. The molecule has 0 aliphatic heterocycles. The van der Waals surface area contributed by atoms with Gasteiger partial charge in [-0.05, 0) is 24.1 Å². The van der Waals surface area contributed by atoms with Crippen LogP contribution in [0.3, 0.4) is 0 Å². The average molecular weight is 282 g/mol. The van der Waals surface area contributed by atoms with Gasteiger partial charge in [-0.1, -0.05) is 24.6 Å². The first-order valence-electron chi connectivity index (χ1n) is 5.81. The Kier molecular flexibility index (Phi) is 4.29. The van der Waals surface area contributed by atoms with Crippen LogP contribution in [0.15, 0.2) is 24.5 Å². The predicted octanol–water partition coefficient (Wildman–Crippen LogP) is 3.08. The number of nitrogens with two attached hydrogens (primary N) is 1. The Labute approximate surface area is 115 Å². The minimum Gasteiger partial charge on any atom is -0.435 e. The summed E-state index contributed by atoms with van der Waals surface area (Å²) in [5, 5.41) is 0.360. The van der Waals surface area contributed by atoms with E-state index in [-0.39, 0.29) is 5.88 Å². The summed E-state index contributed by atoms with van der Waals surface area (Å²) in [5.74, 6) is -0.364. The number of hydrogen-bond acceptors (Lipinski definition) is 4. The number of aromatic nitrogens is 2. The summed E-state index contributed by atoms with van der Waals surface area (Å²) in [4.78, 5) is 7.61. The first-order chi connectivity index (χ1) is 9.15. The van der Waals surface area contributed by atoms with E-state index in [0.717, 1.165) is 5.56 Å². The van der Waals surface area contributed by atoms with Gasteiger partial charge < -0.3 is 10.5 Å². The van der Waals surface area contributed by atoms with Gasteiger partial charge in [0.25, 0.3) is 5.88 Å². The van der Waals surface area contributed by atoms with Crippen LogP contribution in [0.5, 0.6) is 11.6 Å². The lowest BCUT2D eigenvalue weighted by molar-refractivity contribution is 0.415. The van der Waals surface area contributed by atoms with Gasteiger partial charge in [-0.25, -0.2) is 4.98 Å². The van der Waals surface area contributed by atoms with Gasteiger partial charge in [-0.3, -0.25) is 0 Å². The van der Waals surface area contributed by atoms with Crippen LogP contribution in [0.25, 0.3) is 0 Å². The van der Waals surface area contributed by atoms with E-state index in [4.69, 9.17) is 22.1 Å². The van der Waals surface area contributed by atoms with Gasteiger partial charge in [0, 0.05) is 6.54 Å². The Morgan fingerprint density at radius 3 is 2.79 bits per heavy atom. The number of nitrogens with zero attached hydrogens (tertiary/aromatic N) is 2. The second kappa shape index (κ2) is 5.95. The predicted molar refractivity (Wildman–Crippen MR) is 70.8 cm³/mol. The maximum atomic E-state index is 13.9. The molecule has 0 unspecified atom stereocenters. The highest BCUT2D eigenvalue weighted by Crippen LogP contribution is 2.30. The van der Waals surface area contributed by atoms with Crippen molar-refractivity contribution in [1.29, 1.82) is 0 Å². The molecular weight excluding hydrogens is 269 g/mol. The lowest BCUT2D eigenvalue weighted by atomic mass is 10.2. The number of halogens is 2. The molecule has 6 heteroatoms. The van der Waals surface area contributed by atoms with Crippen molar-refractivity contribution in [3.05, 3.63) is 46.6 Å². The fraction of sp³-hybridized carbons (Fsp3) is 0.231. The topological polar surface area (TPSA) is 61.0 Å². The van der Waals surface area contributed by atoms with Gasteiger partial charge in [0.1, 0.15) is 12.1 Å². The number of rotatable bonds is 4. The normalized spacial score (nSPS) is 10.5. The Hall–Kier alpha value is -1.72. The van der Waals surface area contributed by atoms with Crippen molar-refractivity contribution in [2.75, 3.05) is 0 Å². The third kappa shape index (κ3) is 3.00. The molecule has 0 spiro atoms. The molecule has 19 heavy (non-hydrogen) atoms. The minimum atomic E-state index is -0.566. The fourth-order valence-electron chi connectivity index (χ4n) is 1.56. The second-order valence-corrected chi connectivity index (χ2v) is 4.27. The van der Waals surface area contributed by atoms with Crippen molar-refractivity contribution >= 4 is 11.6 Å². The second-order valence-electron chi connectivity index (χ2n) is 3.86. The van der Waals surface area contributed by atoms with Crippen LogP contribution in [0, 0.1) is 5.82 Å².